The summed E-state index contributed by atoms with van der Waals surface area (Å²) in [6.07, 6.45) is 7.54. The number of aryl methyl sites for hydroxylation is 1. The van der Waals surface area contributed by atoms with Gasteiger partial charge >= 0.3 is 0 Å². The number of benzene rings is 1. The first-order chi connectivity index (χ1) is 13.1. The van der Waals surface area contributed by atoms with Crippen molar-refractivity contribution in [2.45, 2.75) is 51.2 Å². The molecule has 0 saturated heterocycles. The lowest BCUT2D eigenvalue weighted by Crippen LogP contribution is -2.31. The number of carbonyl (C=O) groups is 2. The van der Waals surface area contributed by atoms with Crippen LogP contribution in [0.25, 0.3) is 6.08 Å². The third-order valence-electron chi connectivity index (χ3n) is 4.90. The number of hydrogen-bond donors (Lipinski definition) is 1. The molecule has 1 heterocycles. The van der Waals surface area contributed by atoms with Gasteiger partial charge in [0.05, 0.1) is 0 Å². The summed E-state index contributed by atoms with van der Waals surface area (Å²) >= 11 is 0. The summed E-state index contributed by atoms with van der Waals surface area (Å²) in [4.78, 5) is 26.6. The Labute approximate surface area is 159 Å². The van der Waals surface area contributed by atoms with Crippen LogP contribution in [0.3, 0.4) is 0 Å². The van der Waals surface area contributed by atoms with Crippen molar-refractivity contribution in [3.8, 4) is 0 Å². The molecule has 140 valence electrons. The standard InChI is InChI=1S/C22H24N2O3/c1-15-2-11-20(27-15)12-13-21(25)24(19-9-10-19)14-16-3-5-17(6-4-16)22(26)23-18-7-8-18/h2-6,11-13,18-19H,7-10,14H2,1H3,(H,23,26)/b13-12+. The van der Waals surface area contributed by atoms with Crippen molar-refractivity contribution in [2.24, 2.45) is 0 Å². The zero-order valence-corrected chi connectivity index (χ0v) is 15.5. The van der Waals surface area contributed by atoms with Crippen molar-refractivity contribution < 1.29 is 14.0 Å². The minimum atomic E-state index is -0.0177. The molecule has 1 aromatic carbocycles. The highest BCUT2D eigenvalue weighted by Gasteiger charge is 2.31. The average molecular weight is 364 g/mol. The van der Waals surface area contributed by atoms with Crippen LogP contribution in [0.15, 0.2) is 46.9 Å². The minimum absolute atomic E-state index is 0.0119. The summed E-state index contributed by atoms with van der Waals surface area (Å²) in [7, 11) is 0. The van der Waals surface area contributed by atoms with E-state index in [4.69, 9.17) is 4.42 Å². The topological polar surface area (TPSA) is 62.6 Å². The molecule has 0 radical (unpaired) electrons. The molecule has 2 aliphatic rings. The van der Waals surface area contributed by atoms with Crippen molar-refractivity contribution >= 4 is 17.9 Å². The fraction of sp³-hybridized carbons (Fsp3) is 0.364. The molecule has 1 aromatic heterocycles. The molecule has 4 rings (SSSR count). The Hall–Kier alpha value is -2.82. The predicted molar refractivity (Wildman–Crippen MR) is 103 cm³/mol. The second-order valence-corrected chi connectivity index (χ2v) is 7.42. The molecule has 5 heteroatoms. The first kappa shape index (κ1) is 17.6. The van der Waals surface area contributed by atoms with Gasteiger partial charge in [0.1, 0.15) is 11.5 Å². The van der Waals surface area contributed by atoms with E-state index >= 15 is 0 Å². The molecule has 2 aromatic rings. The number of rotatable bonds is 7. The maximum absolute atomic E-state index is 12.6. The van der Waals surface area contributed by atoms with Crippen LogP contribution >= 0.6 is 0 Å². The van der Waals surface area contributed by atoms with Crippen LogP contribution in [-0.4, -0.2) is 28.8 Å². The molecule has 2 aliphatic carbocycles. The van der Waals surface area contributed by atoms with Crippen LogP contribution in [0.1, 0.15) is 53.1 Å². The molecular weight excluding hydrogens is 340 g/mol. The quantitative estimate of drug-likeness (QED) is 0.762. The average Bonchev–Trinajstić information content (AvgIpc) is 3.59. The Morgan fingerprint density at radius 2 is 1.85 bits per heavy atom. The van der Waals surface area contributed by atoms with Gasteiger partial charge in [-0.05, 0) is 68.5 Å². The zero-order chi connectivity index (χ0) is 18.8. The van der Waals surface area contributed by atoms with Crippen molar-refractivity contribution in [3.63, 3.8) is 0 Å². The van der Waals surface area contributed by atoms with Crippen LogP contribution in [0.2, 0.25) is 0 Å². The lowest BCUT2D eigenvalue weighted by molar-refractivity contribution is -0.127. The van der Waals surface area contributed by atoms with Gasteiger partial charge in [-0.3, -0.25) is 9.59 Å². The van der Waals surface area contributed by atoms with Gasteiger partial charge in [-0.25, -0.2) is 0 Å². The van der Waals surface area contributed by atoms with Crippen molar-refractivity contribution in [3.05, 3.63) is 65.1 Å². The molecule has 2 saturated carbocycles. The minimum Gasteiger partial charge on any atom is -0.462 e. The summed E-state index contributed by atoms with van der Waals surface area (Å²) in [6, 6.07) is 11.9. The van der Waals surface area contributed by atoms with Crippen LogP contribution < -0.4 is 5.32 Å². The van der Waals surface area contributed by atoms with E-state index in [2.05, 4.69) is 5.32 Å². The maximum Gasteiger partial charge on any atom is 0.251 e. The highest BCUT2D eigenvalue weighted by Crippen LogP contribution is 2.29. The molecule has 2 fully saturated rings. The van der Waals surface area contributed by atoms with E-state index in [0.717, 1.165) is 37.0 Å². The Bertz CT molecular complexity index is 858. The van der Waals surface area contributed by atoms with Crippen molar-refractivity contribution in [1.29, 1.82) is 0 Å². The summed E-state index contributed by atoms with van der Waals surface area (Å²) in [5.41, 5.74) is 1.70. The Morgan fingerprint density at radius 3 is 2.44 bits per heavy atom. The number of nitrogens with zero attached hydrogens (tertiary/aromatic N) is 1. The Morgan fingerprint density at radius 1 is 1.11 bits per heavy atom. The van der Waals surface area contributed by atoms with Crippen molar-refractivity contribution in [2.75, 3.05) is 0 Å². The summed E-state index contributed by atoms with van der Waals surface area (Å²) < 4.78 is 5.48. The molecule has 0 atom stereocenters. The van der Waals surface area contributed by atoms with Gasteiger partial charge in [0.15, 0.2) is 0 Å². The fourth-order valence-electron chi connectivity index (χ4n) is 3.02. The van der Waals surface area contributed by atoms with E-state index in [9.17, 15) is 9.59 Å². The smallest absolute Gasteiger partial charge is 0.251 e. The van der Waals surface area contributed by atoms with Gasteiger partial charge in [-0.1, -0.05) is 12.1 Å². The lowest BCUT2D eigenvalue weighted by atomic mass is 10.1. The molecule has 27 heavy (non-hydrogen) atoms. The zero-order valence-electron chi connectivity index (χ0n) is 15.5. The molecule has 1 N–H and O–H groups in total. The molecular formula is C22H24N2O3. The van der Waals surface area contributed by atoms with Gasteiger partial charge in [-0.15, -0.1) is 0 Å². The predicted octanol–water partition coefficient (Wildman–Crippen LogP) is 3.68. The van der Waals surface area contributed by atoms with Crippen LogP contribution in [0, 0.1) is 6.92 Å². The van der Waals surface area contributed by atoms with Gasteiger partial charge in [-0.2, -0.15) is 0 Å². The van der Waals surface area contributed by atoms with Crippen LogP contribution in [-0.2, 0) is 11.3 Å². The van der Waals surface area contributed by atoms with Crippen LogP contribution in [0.4, 0.5) is 0 Å². The molecule has 5 nitrogen and oxygen atoms in total. The summed E-state index contributed by atoms with van der Waals surface area (Å²) in [6.45, 7) is 2.43. The number of carbonyl (C=O) groups excluding carboxylic acids is 2. The van der Waals surface area contributed by atoms with Gasteiger partial charge < -0.3 is 14.6 Å². The van der Waals surface area contributed by atoms with E-state index in [1.165, 1.54) is 0 Å². The Kier molecular flexibility index (Phi) is 4.84. The Balaban J connectivity index is 1.39. The molecule has 0 bridgehead atoms. The third-order valence-corrected chi connectivity index (χ3v) is 4.90. The second-order valence-electron chi connectivity index (χ2n) is 7.42. The van der Waals surface area contributed by atoms with E-state index < -0.39 is 0 Å². The number of furan rings is 1. The highest BCUT2D eigenvalue weighted by molar-refractivity contribution is 5.94. The van der Waals surface area contributed by atoms with E-state index in [1.54, 1.807) is 12.2 Å². The largest absolute Gasteiger partial charge is 0.462 e. The van der Waals surface area contributed by atoms with Gasteiger partial charge in [0, 0.05) is 30.3 Å². The van der Waals surface area contributed by atoms with Gasteiger partial charge in [0.2, 0.25) is 5.91 Å². The third kappa shape index (κ3) is 4.67. The summed E-state index contributed by atoms with van der Waals surface area (Å²) in [5, 5.41) is 2.99. The number of amides is 2. The number of hydrogen-bond acceptors (Lipinski definition) is 3. The van der Waals surface area contributed by atoms with E-state index in [1.807, 2.05) is 48.2 Å². The van der Waals surface area contributed by atoms with Crippen LogP contribution in [0.5, 0.6) is 0 Å². The van der Waals surface area contributed by atoms with Gasteiger partial charge in [0.25, 0.3) is 5.91 Å². The first-order valence-corrected chi connectivity index (χ1v) is 9.53. The second kappa shape index (κ2) is 7.43. The molecule has 0 spiro atoms. The van der Waals surface area contributed by atoms with E-state index in [0.29, 0.717) is 30.0 Å². The first-order valence-electron chi connectivity index (χ1n) is 9.53. The molecule has 2 amide bonds. The monoisotopic (exact) mass is 364 g/mol. The number of nitrogens with one attached hydrogen (secondary N) is 1. The molecule has 0 aliphatic heterocycles. The highest BCUT2D eigenvalue weighted by atomic mass is 16.3. The molecule has 0 unspecified atom stereocenters. The lowest BCUT2D eigenvalue weighted by Gasteiger charge is -2.21. The van der Waals surface area contributed by atoms with Crippen molar-refractivity contribution in [1.82, 2.24) is 10.2 Å². The fourth-order valence-corrected chi connectivity index (χ4v) is 3.02. The SMILES string of the molecule is Cc1ccc(/C=C/C(=O)N(Cc2ccc(C(=O)NC3CC3)cc2)C2CC2)o1. The maximum atomic E-state index is 12.6. The normalized spacial score (nSPS) is 16.5. The van der Waals surface area contributed by atoms with E-state index in [-0.39, 0.29) is 11.8 Å². The summed E-state index contributed by atoms with van der Waals surface area (Å²) in [5.74, 6) is 1.48.